The van der Waals surface area contributed by atoms with E-state index in [4.69, 9.17) is 11.5 Å². The lowest BCUT2D eigenvalue weighted by Gasteiger charge is -2.06. The van der Waals surface area contributed by atoms with E-state index in [9.17, 15) is 0 Å². The third-order valence-corrected chi connectivity index (χ3v) is 3.45. The summed E-state index contributed by atoms with van der Waals surface area (Å²) in [6, 6.07) is 10.2. The van der Waals surface area contributed by atoms with Gasteiger partial charge in [0.25, 0.3) is 0 Å². The quantitative estimate of drug-likeness (QED) is 0.578. The lowest BCUT2D eigenvalue weighted by atomic mass is 10.1. The van der Waals surface area contributed by atoms with E-state index in [1.807, 2.05) is 32.2 Å². The molecule has 0 aliphatic heterocycles. The highest BCUT2D eigenvalue weighted by atomic mass is 15.0. The van der Waals surface area contributed by atoms with Crippen LogP contribution >= 0.6 is 0 Å². The predicted molar refractivity (Wildman–Crippen MR) is 74.0 cm³/mol. The van der Waals surface area contributed by atoms with E-state index in [2.05, 4.69) is 16.7 Å². The number of rotatable bonds is 0. The first-order valence-electron chi connectivity index (χ1n) is 5.63. The molecule has 0 spiro atoms. The average molecular weight is 225 g/mol. The second kappa shape index (κ2) is 3.17. The molecule has 0 aliphatic rings. The van der Waals surface area contributed by atoms with Crippen molar-refractivity contribution in [1.29, 1.82) is 0 Å². The Morgan fingerprint density at radius 2 is 1.82 bits per heavy atom. The van der Waals surface area contributed by atoms with Gasteiger partial charge < -0.3 is 16.0 Å². The molecule has 86 valence electrons. The molecule has 4 N–H and O–H groups in total. The van der Waals surface area contributed by atoms with Crippen molar-refractivity contribution in [2.75, 3.05) is 11.5 Å². The monoisotopic (exact) mass is 225 g/mol. The number of benzene rings is 2. The lowest BCUT2D eigenvalue weighted by molar-refractivity contribution is 1.02. The summed E-state index contributed by atoms with van der Waals surface area (Å²) < 4.78 is 2.11. The van der Waals surface area contributed by atoms with Crippen LogP contribution < -0.4 is 11.5 Å². The number of aromatic nitrogens is 1. The van der Waals surface area contributed by atoms with Crippen molar-refractivity contribution in [3.8, 4) is 0 Å². The normalized spacial score (nSPS) is 11.4. The fourth-order valence-corrected chi connectivity index (χ4v) is 2.58. The fraction of sp³-hybridized carbons (Fsp3) is 0.143. The molecular formula is C14H15N3. The van der Waals surface area contributed by atoms with Gasteiger partial charge in [0, 0.05) is 29.0 Å². The summed E-state index contributed by atoms with van der Waals surface area (Å²) in [4.78, 5) is 0. The van der Waals surface area contributed by atoms with Gasteiger partial charge in [0.2, 0.25) is 0 Å². The van der Waals surface area contributed by atoms with Crippen molar-refractivity contribution >= 4 is 33.2 Å². The molecule has 1 aromatic heterocycles. The van der Waals surface area contributed by atoms with Crippen molar-refractivity contribution in [2.24, 2.45) is 7.05 Å². The number of nitrogens with zero attached hydrogens (tertiary/aromatic N) is 1. The molecule has 3 rings (SSSR count). The van der Waals surface area contributed by atoms with E-state index in [1.54, 1.807) is 0 Å². The summed E-state index contributed by atoms with van der Waals surface area (Å²) in [5.41, 5.74) is 17.1. The molecule has 3 heteroatoms. The molecule has 0 amide bonds. The van der Waals surface area contributed by atoms with E-state index in [0.717, 1.165) is 38.7 Å². The Morgan fingerprint density at radius 3 is 2.59 bits per heavy atom. The van der Waals surface area contributed by atoms with E-state index >= 15 is 0 Å². The number of aryl methyl sites for hydroxylation is 2. The Morgan fingerprint density at radius 1 is 1.12 bits per heavy atom. The molecule has 0 fully saturated rings. The zero-order valence-electron chi connectivity index (χ0n) is 9.99. The first-order valence-corrected chi connectivity index (χ1v) is 5.63. The topological polar surface area (TPSA) is 57.0 Å². The number of anilines is 2. The summed E-state index contributed by atoms with van der Waals surface area (Å²) in [5.74, 6) is 0. The first-order chi connectivity index (χ1) is 8.11. The number of hydrogen-bond donors (Lipinski definition) is 2. The summed E-state index contributed by atoms with van der Waals surface area (Å²) in [5, 5.41) is 2.23. The van der Waals surface area contributed by atoms with Gasteiger partial charge in [-0.15, -0.1) is 0 Å². The van der Waals surface area contributed by atoms with Gasteiger partial charge >= 0.3 is 0 Å². The predicted octanol–water partition coefficient (Wildman–Crippen LogP) is 2.80. The van der Waals surface area contributed by atoms with Crippen LogP contribution in [-0.4, -0.2) is 4.57 Å². The largest absolute Gasteiger partial charge is 0.398 e. The number of hydrogen-bond acceptors (Lipinski definition) is 2. The van der Waals surface area contributed by atoms with Crippen LogP contribution in [-0.2, 0) is 7.05 Å². The van der Waals surface area contributed by atoms with Gasteiger partial charge in [-0.1, -0.05) is 18.2 Å². The number of nitrogens with two attached hydrogens (primary N) is 2. The van der Waals surface area contributed by atoms with Crippen LogP contribution in [0.5, 0.6) is 0 Å². The Hall–Kier alpha value is -2.16. The Bertz CT molecular complexity index is 738. The molecule has 2 aromatic carbocycles. The highest BCUT2D eigenvalue weighted by Gasteiger charge is 2.14. The van der Waals surface area contributed by atoms with Gasteiger partial charge in [0.15, 0.2) is 0 Å². The van der Waals surface area contributed by atoms with Crippen molar-refractivity contribution in [3.05, 3.63) is 35.9 Å². The van der Waals surface area contributed by atoms with Gasteiger partial charge in [-0.3, -0.25) is 0 Å². The van der Waals surface area contributed by atoms with Gasteiger partial charge in [-0.05, 0) is 24.6 Å². The molecule has 0 atom stereocenters. The minimum atomic E-state index is 0.783. The molecular weight excluding hydrogens is 210 g/mol. The zero-order chi connectivity index (χ0) is 12.2. The molecule has 0 unspecified atom stereocenters. The molecule has 0 saturated carbocycles. The third-order valence-electron chi connectivity index (χ3n) is 3.45. The second-order valence-corrected chi connectivity index (χ2v) is 4.50. The Labute approximate surface area is 99.6 Å². The molecule has 3 nitrogen and oxygen atoms in total. The van der Waals surface area contributed by atoms with E-state index < -0.39 is 0 Å². The Balaban J connectivity index is 2.72. The van der Waals surface area contributed by atoms with Crippen molar-refractivity contribution in [2.45, 2.75) is 6.92 Å². The molecule has 0 bridgehead atoms. The minimum Gasteiger partial charge on any atom is -0.398 e. The summed E-state index contributed by atoms with van der Waals surface area (Å²) in [6.45, 7) is 1.99. The SMILES string of the molecule is Cc1cc(N)c2c(c1N)c1ccccc1n2C. The summed E-state index contributed by atoms with van der Waals surface area (Å²) in [7, 11) is 2.02. The Kier molecular flexibility index (Phi) is 1.87. The van der Waals surface area contributed by atoms with Crippen LogP contribution in [0.25, 0.3) is 21.8 Å². The van der Waals surface area contributed by atoms with E-state index in [1.165, 1.54) is 0 Å². The van der Waals surface area contributed by atoms with Gasteiger partial charge in [-0.25, -0.2) is 0 Å². The van der Waals surface area contributed by atoms with E-state index in [0.29, 0.717) is 0 Å². The smallest absolute Gasteiger partial charge is 0.0743 e. The first kappa shape index (κ1) is 10.0. The van der Waals surface area contributed by atoms with Crippen LogP contribution in [0.3, 0.4) is 0 Å². The highest BCUT2D eigenvalue weighted by molar-refractivity contribution is 6.17. The third kappa shape index (κ3) is 1.16. The van der Waals surface area contributed by atoms with Gasteiger partial charge in [0.05, 0.1) is 11.2 Å². The molecule has 17 heavy (non-hydrogen) atoms. The van der Waals surface area contributed by atoms with Crippen molar-refractivity contribution in [3.63, 3.8) is 0 Å². The second-order valence-electron chi connectivity index (χ2n) is 4.50. The van der Waals surface area contributed by atoms with Gasteiger partial charge in [-0.2, -0.15) is 0 Å². The highest BCUT2D eigenvalue weighted by Crippen LogP contribution is 2.37. The zero-order valence-corrected chi connectivity index (χ0v) is 9.99. The van der Waals surface area contributed by atoms with Crippen LogP contribution in [0.2, 0.25) is 0 Å². The number of nitrogen functional groups attached to an aromatic ring is 2. The fourth-order valence-electron chi connectivity index (χ4n) is 2.58. The van der Waals surface area contributed by atoms with Crippen molar-refractivity contribution < 1.29 is 0 Å². The molecule has 1 heterocycles. The van der Waals surface area contributed by atoms with Crippen LogP contribution in [0.15, 0.2) is 30.3 Å². The maximum absolute atomic E-state index is 6.20. The van der Waals surface area contributed by atoms with Crippen LogP contribution in [0.4, 0.5) is 11.4 Å². The number of fused-ring (bicyclic) bond motifs is 3. The standard InChI is InChI=1S/C14H15N3/c1-8-7-10(15)14-12(13(8)16)9-5-3-4-6-11(9)17(14)2/h3-7H,15-16H2,1-2H3. The number of para-hydroxylation sites is 1. The van der Waals surface area contributed by atoms with Crippen LogP contribution in [0.1, 0.15) is 5.56 Å². The molecule has 3 aromatic rings. The lowest BCUT2D eigenvalue weighted by Crippen LogP contribution is -1.97. The maximum Gasteiger partial charge on any atom is 0.0743 e. The minimum absolute atomic E-state index is 0.783. The van der Waals surface area contributed by atoms with Crippen molar-refractivity contribution in [1.82, 2.24) is 4.57 Å². The summed E-state index contributed by atoms with van der Waals surface area (Å²) >= 11 is 0. The maximum atomic E-state index is 6.20. The molecule has 0 radical (unpaired) electrons. The molecule has 0 saturated heterocycles. The van der Waals surface area contributed by atoms with E-state index in [-0.39, 0.29) is 0 Å². The average Bonchev–Trinajstić information content (AvgIpc) is 2.61. The molecule has 0 aliphatic carbocycles. The van der Waals surface area contributed by atoms with Crippen LogP contribution in [0, 0.1) is 6.92 Å². The van der Waals surface area contributed by atoms with Gasteiger partial charge in [0.1, 0.15) is 0 Å². The summed E-state index contributed by atoms with van der Waals surface area (Å²) in [6.07, 6.45) is 0.